The van der Waals surface area contributed by atoms with E-state index in [0.29, 0.717) is 5.57 Å². The van der Waals surface area contributed by atoms with Crippen molar-refractivity contribution in [3.05, 3.63) is 11.1 Å². The Morgan fingerprint density at radius 1 is 0.704 bits per heavy atom. The number of hydrogen-bond acceptors (Lipinski definition) is 4. The molecule has 27 heavy (non-hydrogen) atoms. The molecular formula is C23H34O4. The zero-order chi connectivity index (χ0) is 18.6. The van der Waals surface area contributed by atoms with Crippen LogP contribution in [0.15, 0.2) is 11.1 Å². The molecule has 0 saturated heterocycles. The fraction of sp³-hybridized carbons (Fsp3) is 0.826. The van der Waals surface area contributed by atoms with Gasteiger partial charge < -0.3 is 9.47 Å². The van der Waals surface area contributed by atoms with E-state index in [1.165, 1.54) is 31.3 Å². The highest BCUT2D eigenvalue weighted by atomic mass is 16.6. The molecule has 2 atom stereocenters. The molecule has 150 valence electrons. The summed E-state index contributed by atoms with van der Waals surface area (Å²) in [5.41, 5.74) is 1.84. The first-order valence-corrected chi connectivity index (χ1v) is 11.4. The number of allylic oxidation sites excluding steroid dienone is 1. The van der Waals surface area contributed by atoms with Crippen LogP contribution in [0.4, 0.5) is 0 Å². The fourth-order valence-corrected chi connectivity index (χ4v) is 5.62. The molecule has 4 heteroatoms. The quantitative estimate of drug-likeness (QED) is 0.498. The normalized spacial score (nSPS) is 30.1. The van der Waals surface area contributed by atoms with Gasteiger partial charge in [-0.1, -0.05) is 31.3 Å². The molecule has 0 N–H and O–H groups in total. The number of fused-ring (bicyclic) bond motifs is 2. The van der Waals surface area contributed by atoms with Crippen molar-refractivity contribution in [2.24, 2.45) is 11.8 Å². The molecule has 4 aliphatic carbocycles. The summed E-state index contributed by atoms with van der Waals surface area (Å²) in [5, 5.41) is 0. The Hall–Kier alpha value is -1.32. The van der Waals surface area contributed by atoms with Crippen molar-refractivity contribution in [2.45, 2.75) is 109 Å². The van der Waals surface area contributed by atoms with Crippen molar-refractivity contribution in [2.75, 3.05) is 0 Å². The van der Waals surface area contributed by atoms with E-state index >= 15 is 0 Å². The first-order chi connectivity index (χ1) is 13.2. The first kappa shape index (κ1) is 19.0. The van der Waals surface area contributed by atoms with Crippen molar-refractivity contribution < 1.29 is 19.1 Å². The van der Waals surface area contributed by atoms with E-state index in [2.05, 4.69) is 0 Å². The molecule has 2 bridgehead atoms. The van der Waals surface area contributed by atoms with Crippen LogP contribution in [-0.4, -0.2) is 24.1 Å². The van der Waals surface area contributed by atoms with Crippen LogP contribution in [0, 0.1) is 11.8 Å². The molecular weight excluding hydrogens is 340 g/mol. The molecule has 0 aliphatic heterocycles. The predicted molar refractivity (Wildman–Crippen MR) is 103 cm³/mol. The second-order valence-electron chi connectivity index (χ2n) is 9.07. The number of ether oxygens (including phenoxy) is 2. The fourth-order valence-electron chi connectivity index (χ4n) is 5.62. The van der Waals surface area contributed by atoms with Crippen molar-refractivity contribution in [1.82, 2.24) is 0 Å². The lowest BCUT2D eigenvalue weighted by Crippen LogP contribution is -2.33. The standard InChI is InChI=1S/C23H34O4/c24-22(26-18-9-5-1-2-6-10-18)20-16-13-14-17(15-16)21(20)23(25)27-19-11-7-3-4-8-12-19/h16,18-20H,1-15H2. The summed E-state index contributed by atoms with van der Waals surface area (Å²) in [6.45, 7) is 0. The van der Waals surface area contributed by atoms with Gasteiger partial charge >= 0.3 is 11.9 Å². The monoisotopic (exact) mass is 374 g/mol. The minimum atomic E-state index is -0.365. The van der Waals surface area contributed by atoms with Gasteiger partial charge in [0, 0.05) is 0 Å². The van der Waals surface area contributed by atoms with Crippen LogP contribution in [0.3, 0.4) is 0 Å². The smallest absolute Gasteiger partial charge is 0.335 e. The predicted octanol–water partition coefficient (Wildman–Crippen LogP) is 5.24. The van der Waals surface area contributed by atoms with Crippen LogP contribution in [0.1, 0.15) is 96.3 Å². The lowest BCUT2D eigenvalue weighted by atomic mass is 9.86. The molecule has 0 aromatic heterocycles. The van der Waals surface area contributed by atoms with Gasteiger partial charge in [0.25, 0.3) is 0 Å². The molecule has 3 saturated carbocycles. The van der Waals surface area contributed by atoms with E-state index in [-0.39, 0.29) is 36.0 Å². The van der Waals surface area contributed by atoms with E-state index < -0.39 is 0 Å². The largest absolute Gasteiger partial charge is 0.462 e. The third-order valence-corrected chi connectivity index (χ3v) is 7.12. The Morgan fingerprint density at radius 2 is 1.26 bits per heavy atom. The van der Waals surface area contributed by atoms with Crippen molar-refractivity contribution in [3.63, 3.8) is 0 Å². The van der Waals surface area contributed by atoms with Crippen LogP contribution in [0.2, 0.25) is 0 Å². The SMILES string of the molecule is O=C(OC1CCCCCC1)C1=C2CCC(C2)C1C(=O)OC1CCCCCC1. The highest BCUT2D eigenvalue weighted by Crippen LogP contribution is 2.49. The van der Waals surface area contributed by atoms with Gasteiger partial charge in [0.1, 0.15) is 12.2 Å². The summed E-state index contributed by atoms with van der Waals surface area (Å²) in [4.78, 5) is 26.0. The maximum absolute atomic E-state index is 13.0. The van der Waals surface area contributed by atoms with E-state index in [1.54, 1.807) is 0 Å². The zero-order valence-corrected chi connectivity index (χ0v) is 16.5. The minimum Gasteiger partial charge on any atom is -0.462 e. The summed E-state index contributed by atoms with van der Waals surface area (Å²) in [6.07, 6.45) is 16.3. The second-order valence-corrected chi connectivity index (χ2v) is 9.07. The van der Waals surface area contributed by atoms with Crippen LogP contribution in [0.5, 0.6) is 0 Å². The minimum absolute atomic E-state index is 0.0331. The Morgan fingerprint density at radius 3 is 1.85 bits per heavy atom. The van der Waals surface area contributed by atoms with Gasteiger partial charge in [0.2, 0.25) is 0 Å². The van der Waals surface area contributed by atoms with Gasteiger partial charge in [0.15, 0.2) is 0 Å². The summed E-state index contributed by atoms with van der Waals surface area (Å²) < 4.78 is 11.8. The lowest BCUT2D eigenvalue weighted by Gasteiger charge is -2.26. The highest BCUT2D eigenvalue weighted by molar-refractivity contribution is 5.98. The third-order valence-electron chi connectivity index (χ3n) is 7.12. The van der Waals surface area contributed by atoms with Crippen molar-refractivity contribution in [3.8, 4) is 0 Å². The van der Waals surface area contributed by atoms with Gasteiger partial charge in [-0.25, -0.2) is 4.79 Å². The highest BCUT2D eigenvalue weighted by Gasteiger charge is 2.48. The molecule has 0 aromatic rings. The molecule has 0 spiro atoms. The molecule has 0 radical (unpaired) electrons. The molecule has 4 rings (SSSR count). The molecule has 0 aromatic carbocycles. The Labute approximate surface area is 163 Å². The van der Waals surface area contributed by atoms with Crippen LogP contribution >= 0.6 is 0 Å². The molecule has 0 amide bonds. The number of esters is 2. The maximum Gasteiger partial charge on any atom is 0.335 e. The molecule has 2 unspecified atom stereocenters. The Balaban J connectivity index is 1.42. The molecule has 4 aliphatic rings. The molecule has 0 heterocycles. The Bertz CT molecular complexity index is 577. The average Bonchev–Trinajstić information content (AvgIpc) is 3.05. The van der Waals surface area contributed by atoms with Crippen LogP contribution in [0.25, 0.3) is 0 Å². The number of carbonyl (C=O) groups excluding carboxylic acids is 2. The topological polar surface area (TPSA) is 52.6 Å². The Kier molecular flexibility index (Phi) is 6.19. The van der Waals surface area contributed by atoms with Crippen molar-refractivity contribution in [1.29, 1.82) is 0 Å². The summed E-state index contributed by atoms with van der Waals surface area (Å²) in [6, 6.07) is 0. The van der Waals surface area contributed by atoms with Crippen LogP contribution in [-0.2, 0) is 19.1 Å². The second kappa shape index (κ2) is 8.79. The van der Waals surface area contributed by atoms with Gasteiger partial charge in [-0.2, -0.15) is 0 Å². The van der Waals surface area contributed by atoms with Gasteiger partial charge in [-0.3, -0.25) is 4.79 Å². The summed E-state index contributed by atoms with van der Waals surface area (Å²) >= 11 is 0. The number of hydrogen-bond donors (Lipinski definition) is 0. The number of rotatable bonds is 4. The molecule has 3 fully saturated rings. The average molecular weight is 375 g/mol. The first-order valence-electron chi connectivity index (χ1n) is 11.4. The van der Waals surface area contributed by atoms with Crippen LogP contribution < -0.4 is 0 Å². The van der Waals surface area contributed by atoms with Gasteiger partial charge in [0.05, 0.1) is 11.5 Å². The molecule has 4 nitrogen and oxygen atoms in total. The van der Waals surface area contributed by atoms with E-state index in [1.807, 2.05) is 0 Å². The third kappa shape index (κ3) is 4.41. The van der Waals surface area contributed by atoms with E-state index in [4.69, 9.17) is 9.47 Å². The number of carbonyl (C=O) groups is 2. The van der Waals surface area contributed by atoms with Crippen molar-refractivity contribution >= 4 is 11.9 Å². The zero-order valence-electron chi connectivity index (χ0n) is 16.5. The summed E-state index contributed by atoms with van der Waals surface area (Å²) in [5.74, 6) is -0.485. The van der Waals surface area contributed by atoms with E-state index in [9.17, 15) is 9.59 Å². The van der Waals surface area contributed by atoms with E-state index in [0.717, 1.165) is 70.6 Å². The van der Waals surface area contributed by atoms with Gasteiger partial charge in [-0.15, -0.1) is 0 Å². The lowest BCUT2D eigenvalue weighted by molar-refractivity contribution is -0.158. The van der Waals surface area contributed by atoms with Gasteiger partial charge in [-0.05, 0) is 76.5 Å². The maximum atomic E-state index is 13.0. The summed E-state index contributed by atoms with van der Waals surface area (Å²) in [7, 11) is 0.